The molecule has 0 aliphatic heterocycles. The third-order valence-corrected chi connectivity index (χ3v) is 5.87. The highest BCUT2D eigenvalue weighted by atomic mass is 16.4. The Morgan fingerprint density at radius 3 is 2.43 bits per heavy atom. The molecule has 0 aliphatic rings. The molecule has 5 aromatic rings. The van der Waals surface area contributed by atoms with Gasteiger partial charge in [-0.1, -0.05) is 38.1 Å². The molecule has 0 spiro atoms. The molecule has 0 unspecified atom stereocenters. The van der Waals surface area contributed by atoms with Crippen molar-refractivity contribution in [1.82, 2.24) is 15.0 Å². The van der Waals surface area contributed by atoms with Crippen LogP contribution in [0.2, 0.25) is 0 Å². The molecular formula is C25H23N3O2. The molecule has 150 valence electrons. The molecule has 0 atom stereocenters. The Morgan fingerprint density at radius 2 is 1.70 bits per heavy atom. The van der Waals surface area contributed by atoms with Gasteiger partial charge in [-0.15, -0.1) is 0 Å². The quantitative estimate of drug-likeness (QED) is 0.281. The van der Waals surface area contributed by atoms with E-state index in [0.29, 0.717) is 0 Å². The van der Waals surface area contributed by atoms with Crippen molar-refractivity contribution >= 4 is 27.8 Å². The highest BCUT2D eigenvalue weighted by Gasteiger charge is 2.27. The van der Waals surface area contributed by atoms with Crippen LogP contribution in [0.15, 0.2) is 54.9 Å². The molecule has 0 radical (unpaired) electrons. The van der Waals surface area contributed by atoms with Gasteiger partial charge in [-0.2, -0.15) is 0 Å². The van der Waals surface area contributed by atoms with Gasteiger partial charge >= 0.3 is 5.97 Å². The molecule has 0 aliphatic carbocycles. The normalized spacial score (nSPS) is 11.7. The van der Waals surface area contributed by atoms with Crippen molar-refractivity contribution in [2.45, 2.75) is 26.7 Å². The first-order valence-corrected chi connectivity index (χ1v) is 10.1. The number of carboxylic acid groups (broad SMARTS) is 1. The van der Waals surface area contributed by atoms with Crippen LogP contribution in [0, 0.1) is 6.92 Å². The van der Waals surface area contributed by atoms with E-state index >= 15 is 0 Å². The average molecular weight is 397 g/mol. The van der Waals surface area contributed by atoms with Gasteiger partial charge in [0.05, 0.1) is 5.69 Å². The number of aryl methyl sites for hydroxylation is 1. The van der Waals surface area contributed by atoms with E-state index in [1.54, 1.807) is 0 Å². The van der Waals surface area contributed by atoms with Crippen molar-refractivity contribution in [2.24, 2.45) is 0 Å². The zero-order chi connectivity index (χ0) is 21.0. The zero-order valence-corrected chi connectivity index (χ0v) is 17.1. The Hall–Kier alpha value is -3.73. The first kappa shape index (κ1) is 18.3. The molecule has 0 fully saturated rings. The van der Waals surface area contributed by atoms with Crippen molar-refractivity contribution in [2.75, 3.05) is 0 Å². The molecule has 0 saturated heterocycles. The van der Waals surface area contributed by atoms with Crippen LogP contribution in [0.3, 0.4) is 0 Å². The van der Waals surface area contributed by atoms with Crippen LogP contribution < -0.4 is 0 Å². The third-order valence-electron chi connectivity index (χ3n) is 5.87. The van der Waals surface area contributed by atoms with E-state index in [9.17, 15) is 9.90 Å². The van der Waals surface area contributed by atoms with Crippen molar-refractivity contribution in [3.05, 3.63) is 71.7 Å². The highest BCUT2D eigenvalue weighted by molar-refractivity contribution is 6.07. The second-order valence-electron chi connectivity index (χ2n) is 8.07. The monoisotopic (exact) mass is 397 g/mol. The maximum atomic E-state index is 12.3. The van der Waals surface area contributed by atoms with Gasteiger partial charge in [-0.3, -0.25) is 0 Å². The molecule has 30 heavy (non-hydrogen) atoms. The van der Waals surface area contributed by atoms with Crippen LogP contribution in [0.1, 0.15) is 41.4 Å². The van der Waals surface area contributed by atoms with Gasteiger partial charge in [-0.25, -0.2) is 4.79 Å². The fraction of sp³-hybridized carbons (Fsp3) is 0.160. The summed E-state index contributed by atoms with van der Waals surface area (Å²) < 4.78 is 0. The molecular weight excluding hydrogens is 374 g/mol. The van der Waals surface area contributed by atoms with Crippen LogP contribution >= 0.6 is 0 Å². The number of fused-ring (bicyclic) bond motifs is 2. The van der Waals surface area contributed by atoms with Gasteiger partial charge in [0.2, 0.25) is 0 Å². The standard InChI is InChI=1S/C25H23N3O2/c1-13(2)20-22(17-7-5-9-19-21(17)14(3)12-27-19)24(25(29)30)28-23(20)16-6-4-8-18-15(16)10-11-26-18/h4-13,26-28H,1-3H3,(H,29,30). The van der Waals surface area contributed by atoms with Gasteiger partial charge < -0.3 is 20.1 Å². The number of aromatic amines is 3. The first-order valence-electron chi connectivity index (χ1n) is 10.1. The van der Waals surface area contributed by atoms with Crippen LogP contribution in [-0.4, -0.2) is 26.0 Å². The summed E-state index contributed by atoms with van der Waals surface area (Å²) in [5, 5.41) is 12.2. The minimum Gasteiger partial charge on any atom is -0.477 e. The Morgan fingerprint density at radius 1 is 0.967 bits per heavy atom. The number of carboxylic acids is 1. The molecule has 4 N–H and O–H groups in total. The summed E-state index contributed by atoms with van der Waals surface area (Å²) >= 11 is 0. The SMILES string of the molecule is Cc1c[nH]c2cccc(-c3c(C(=O)O)[nH]c(-c4cccc5[nH]ccc45)c3C(C)C)c12. The second-order valence-corrected chi connectivity index (χ2v) is 8.07. The lowest BCUT2D eigenvalue weighted by molar-refractivity contribution is 0.0692. The molecule has 5 nitrogen and oxygen atoms in total. The van der Waals surface area contributed by atoms with E-state index in [4.69, 9.17) is 0 Å². The van der Waals surface area contributed by atoms with Crippen LogP contribution in [-0.2, 0) is 0 Å². The van der Waals surface area contributed by atoms with Crippen LogP contribution in [0.4, 0.5) is 0 Å². The maximum absolute atomic E-state index is 12.3. The fourth-order valence-corrected chi connectivity index (χ4v) is 4.61. The van der Waals surface area contributed by atoms with Crippen molar-refractivity contribution < 1.29 is 9.90 Å². The number of aromatic carboxylic acids is 1. The third kappa shape index (κ3) is 2.59. The smallest absolute Gasteiger partial charge is 0.352 e. The predicted molar refractivity (Wildman–Crippen MR) is 121 cm³/mol. The Labute approximate surface area is 173 Å². The molecule has 3 aromatic heterocycles. The molecule has 3 heterocycles. The number of aromatic nitrogens is 3. The number of hydrogen-bond acceptors (Lipinski definition) is 1. The number of H-pyrrole nitrogens is 3. The Bertz CT molecular complexity index is 1420. The summed E-state index contributed by atoms with van der Waals surface area (Å²) in [7, 11) is 0. The largest absolute Gasteiger partial charge is 0.477 e. The van der Waals surface area contributed by atoms with Gasteiger partial charge in [-0.05, 0) is 47.7 Å². The summed E-state index contributed by atoms with van der Waals surface area (Å²) in [6.45, 7) is 6.28. The minimum absolute atomic E-state index is 0.128. The van der Waals surface area contributed by atoms with Crippen LogP contribution in [0.25, 0.3) is 44.2 Å². The van der Waals surface area contributed by atoms with Crippen molar-refractivity contribution in [3.63, 3.8) is 0 Å². The van der Waals surface area contributed by atoms with Gasteiger partial charge in [0.1, 0.15) is 5.69 Å². The summed E-state index contributed by atoms with van der Waals surface area (Å²) in [5.74, 6) is -0.826. The highest BCUT2D eigenvalue weighted by Crippen LogP contribution is 2.44. The lowest BCUT2D eigenvalue weighted by Gasteiger charge is -2.14. The van der Waals surface area contributed by atoms with Crippen molar-refractivity contribution in [3.8, 4) is 22.4 Å². The molecule has 0 saturated carbocycles. The lowest BCUT2D eigenvalue weighted by atomic mass is 9.88. The maximum Gasteiger partial charge on any atom is 0.352 e. The first-order chi connectivity index (χ1) is 14.5. The number of hydrogen-bond donors (Lipinski definition) is 4. The summed E-state index contributed by atoms with van der Waals surface area (Å²) in [6.07, 6.45) is 3.88. The van der Waals surface area contributed by atoms with E-state index in [1.807, 2.05) is 61.8 Å². The zero-order valence-electron chi connectivity index (χ0n) is 17.1. The number of benzene rings is 2. The summed E-state index contributed by atoms with van der Waals surface area (Å²) in [5.41, 5.74) is 7.97. The van der Waals surface area contributed by atoms with Gasteiger partial charge in [0, 0.05) is 45.3 Å². The Balaban J connectivity index is 1.91. The second kappa shape index (κ2) is 6.66. The summed E-state index contributed by atoms with van der Waals surface area (Å²) in [6, 6.07) is 14.1. The minimum atomic E-state index is -0.954. The number of rotatable bonds is 4. The molecule has 5 heteroatoms. The number of nitrogens with one attached hydrogen (secondary N) is 3. The van der Waals surface area contributed by atoms with E-state index < -0.39 is 5.97 Å². The Kier molecular flexibility index (Phi) is 4.07. The van der Waals surface area contributed by atoms with Crippen LogP contribution in [0.5, 0.6) is 0 Å². The molecule has 5 rings (SSSR count). The lowest BCUT2D eigenvalue weighted by Crippen LogP contribution is -2.00. The van der Waals surface area contributed by atoms with Gasteiger partial charge in [0.15, 0.2) is 0 Å². The molecule has 0 bridgehead atoms. The fourth-order valence-electron chi connectivity index (χ4n) is 4.61. The van der Waals surface area contributed by atoms with E-state index in [1.165, 1.54) is 0 Å². The average Bonchev–Trinajstić information content (AvgIpc) is 3.44. The van der Waals surface area contributed by atoms with Crippen molar-refractivity contribution in [1.29, 1.82) is 0 Å². The topological polar surface area (TPSA) is 84.7 Å². The number of carbonyl (C=O) groups is 1. The molecule has 2 aromatic carbocycles. The van der Waals surface area contributed by atoms with Gasteiger partial charge in [0.25, 0.3) is 0 Å². The van der Waals surface area contributed by atoms with E-state index in [2.05, 4.69) is 28.8 Å². The van der Waals surface area contributed by atoms with E-state index in [-0.39, 0.29) is 11.6 Å². The summed E-state index contributed by atoms with van der Waals surface area (Å²) in [4.78, 5) is 22.2. The predicted octanol–water partition coefficient (Wildman–Crippen LogP) is 6.44. The van der Waals surface area contributed by atoms with E-state index in [0.717, 1.165) is 55.3 Å². The molecule has 0 amide bonds.